The number of benzene rings is 2. The molecule has 2 aromatic rings. The van der Waals surface area contributed by atoms with Gasteiger partial charge in [-0.05, 0) is 0 Å². The van der Waals surface area contributed by atoms with Gasteiger partial charge in [0.15, 0.2) is 0 Å². The third-order valence-electron chi connectivity index (χ3n) is 2.09. The van der Waals surface area contributed by atoms with Crippen LogP contribution in [-0.2, 0) is 0 Å². The van der Waals surface area contributed by atoms with Gasteiger partial charge in [0, 0.05) is 0 Å². The van der Waals surface area contributed by atoms with Gasteiger partial charge in [-0.25, -0.2) is 0 Å². The molecule has 0 nitrogen and oxygen atoms in total. The molecule has 15 heavy (non-hydrogen) atoms. The van der Waals surface area contributed by atoms with E-state index >= 15 is 0 Å². The zero-order chi connectivity index (χ0) is 8.93. The first-order valence-electron chi connectivity index (χ1n) is 4.53. The third-order valence-corrected chi connectivity index (χ3v) is 5.79. The Bertz CT molecular complexity index is 324. The molecule has 0 aliphatic rings. The first kappa shape index (κ1) is 14.9. The summed E-state index contributed by atoms with van der Waals surface area (Å²) in [4.78, 5) is 0. The third kappa shape index (κ3) is 5.00. The molecule has 0 aliphatic carbocycles. The van der Waals surface area contributed by atoms with Crippen LogP contribution in [0.4, 0.5) is 0 Å². The molecule has 0 saturated carbocycles. The topological polar surface area (TPSA) is 0 Å². The van der Waals surface area contributed by atoms with Crippen LogP contribution in [0, 0.1) is 0 Å². The predicted molar refractivity (Wildman–Crippen MR) is 81.3 cm³/mol. The molecule has 0 radical (unpaired) electrons. The molecule has 0 saturated heterocycles. The van der Waals surface area contributed by atoms with Gasteiger partial charge in [-0.15, -0.1) is 34.0 Å². The Labute approximate surface area is 118 Å². The average Bonchev–Trinajstić information content (AvgIpc) is 2.21. The fourth-order valence-electron chi connectivity index (χ4n) is 1.43. The summed E-state index contributed by atoms with van der Waals surface area (Å²) in [5, 5.41) is 0. The molecule has 0 fully saturated rings. The van der Waals surface area contributed by atoms with E-state index in [0.29, 0.717) is 0 Å². The van der Waals surface area contributed by atoms with Crippen LogP contribution >= 0.6 is 34.0 Å². The van der Waals surface area contributed by atoms with E-state index in [0.717, 1.165) is 0 Å². The van der Waals surface area contributed by atoms with Crippen molar-refractivity contribution in [3.05, 3.63) is 60.7 Å². The van der Waals surface area contributed by atoms with Crippen molar-refractivity contribution >= 4 is 58.2 Å². The van der Waals surface area contributed by atoms with E-state index in [-0.39, 0.29) is 34.0 Å². The van der Waals surface area contributed by atoms with Gasteiger partial charge in [-0.2, -0.15) is 0 Å². The predicted octanol–water partition coefficient (Wildman–Crippen LogP) is 1.96. The summed E-state index contributed by atoms with van der Waals surface area (Å²) >= 11 is -0.676. The van der Waals surface area contributed by atoms with Crippen LogP contribution < -0.4 is 8.79 Å². The summed E-state index contributed by atoms with van der Waals surface area (Å²) < 4.78 is 3.11. The van der Waals surface area contributed by atoms with Gasteiger partial charge in [0.05, 0.1) is 0 Å². The first-order valence-corrected chi connectivity index (χ1v) is 7.50. The second kappa shape index (κ2) is 8.14. The molecular formula is C12H14Br2Ge. The monoisotopic (exact) mass is 390 g/mol. The number of halogens is 2. The van der Waals surface area contributed by atoms with Gasteiger partial charge >= 0.3 is 84.9 Å². The quantitative estimate of drug-likeness (QED) is 0.688. The van der Waals surface area contributed by atoms with Crippen LogP contribution in [0.2, 0.25) is 0 Å². The molecule has 0 atom stereocenters. The normalized spacial score (nSPS) is 8.53. The number of rotatable bonds is 2. The molecule has 80 valence electrons. The zero-order valence-corrected chi connectivity index (χ0v) is 14.7. The first-order chi connectivity index (χ1) is 6.45. The fourth-order valence-corrected chi connectivity index (χ4v) is 4.55. The molecule has 0 spiro atoms. The number of hydrogen-bond acceptors (Lipinski definition) is 0. The van der Waals surface area contributed by atoms with Crippen LogP contribution in [0.5, 0.6) is 0 Å². The standard InChI is InChI=1S/C12H12Ge.2BrH/c1-3-7-11(8-4-1)13-12-9-5-2-6-10-12;;/h1-10H,13H2;2*1H. The van der Waals surface area contributed by atoms with Crippen molar-refractivity contribution in [2.75, 3.05) is 0 Å². The molecule has 0 aromatic heterocycles. The van der Waals surface area contributed by atoms with E-state index in [1.54, 1.807) is 8.79 Å². The Kier molecular flexibility index (Phi) is 8.11. The SMILES string of the molecule is Br.Br.c1cc[c]([GeH2][c]2ccccc2)cc1. The van der Waals surface area contributed by atoms with Crippen molar-refractivity contribution in [1.82, 2.24) is 0 Å². The van der Waals surface area contributed by atoms with Crippen LogP contribution in [0.3, 0.4) is 0 Å². The summed E-state index contributed by atoms with van der Waals surface area (Å²) in [7, 11) is 0. The van der Waals surface area contributed by atoms with Gasteiger partial charge < -0.3 is 0 Å². The molecule has 3 heteroatoms. The van der Waals surface area contributed by atoms with Crippen LogP contribution in [0.25, 0.3) is 0 Å². The molecule has 0 N–H and O–H groups in total. The Morgan fingerprint density at radius 1 is 0.533 bits per heavy atom. The van der Waals surface area contributed by atoms with E-state index in [1.807, 2.05) is 0 Å². The Morgan fingerprint density at radius 2 is 0.867 bits per heavy atom. The number of hydrogen-bond donors (Lipinski definition) is 0. The summed E-state index contributed by atoms with van der Waals surface area (Å²) in [5.41, 5.74) is 0. The molecular weight excluding hydrogens is 377 g/mol. The van der Waals surface area contributed by atoms with Crippen molar-refractivity contribution < 1.29 is 0 Å². The van der Waals surface area contributed by atoms with Crippen LogP contribution in [0.1, 0.15) is 0 Å². The van der Waals surface area contributed by atoms with E-state index < -0.39 is 15.4 Å². The molecule has 0 aliphatic heterocycles. The van der Waals surface area contributed by atoms with Gasteiger partial charge in [0.25, 0.3) is 0 Å². The van der Waals surface area contributed by atoms with E-state index in [4.69, 9.17) is 0 Å². The fraction of sp³-hybridized carbons (Fsp3) is 0. The maximum atomic E-state index is 2.24. The average molecular weight is 391 g/mol. The van der Waals surface area contributed by atoms with Gasteiger partial charge in [0.1, 0.15) is 0 Å². The van der Waals surface area contributed by atoms with Gasteiger partial charge in [0.2, 0.25) is 0 Å². The summed E-state index contributed by atoms with van der Waals surface area (Å²) in [5.74, 6) is 0. The summed E-state index contributed by atoms with van der Waals surface area (Å²) in [6.45, 7) is 0. The molecule has 0 amide bonds. The van der Waals surface area contributed by atoms with Crippen molar-refractivity contribution in [1.29, 1.82) is 0 Å². The van der Waals surface area contributed by atoms with Gasteiger partial charge in [-0.1, -0.05) is 0 Å². The second-order valence-corrected chi connectivity index (χ2v) is 7.32. The molecule has 2 aromatic carbocycles. The summed E-state index contributed by atoms with van der Waals surface area (Å²) in [6, 6.07) is 21.6. The second-order valence-electron chi connectivity index (χ2n) is 3.15. The molecule has 0 unspecified atom stereocenters. The van der Waals surface area contributed by atoms with Crippen LogP contribution in [0.15, 0.2) is 60.7 Å². The van der Waals surface area contributed by atoms with Crippen molar-refractivity contribution in [3.8, 4) is 0 Å². The van der Waals surface area contributed by atoms with E-state index in [1.165, 1.54) is 0 Å². The molecule has 2 rings (SSSR count). The minimum absolute atomic E-state index is 0. The Morgan fingerprint density at radius 3 is 1.20 bits per heavy atom. The maximum absolute atomic E-state index is 2.24. The Hall–Kier alpha value is -0.0571. The summed E-state index contributed by atoms with van der Waals surface area (Å²) in [6.07, 6.45) is 0. The van der Waals surface area contributed by atoms with Crippen molar-refractivity contribution in [2.45, 2.75) is 0 Å². The van der Waals surface area contributed by atoms with Crippen molar-refractivity contribution in [2.24, 2.45) is 0 Å². The minimum atomic E-state index is -0.676. The Balaban J connectivity index is 0.000000980. The van der Waals surface area contributed by atoms with E-state index in [2.05, 4.69) is 60.7 Å². The van der Waals surface area contributed by atoms with E-state index in [9.17, 15) is 0 Å². The zero-order valence-electron chi connectivity index (χ0n) is 8.30. The van der Waals surface area contributed by atoms with Crippen LogP contribution in [-0.4, -0.2) is 15.4 Å². The van der Waals surface area contributed by atoms with Gasteiger partial charge in [-0.3, -0.25) is 0 Å². The molecule has 0 bridgehead atoms. The molecule has 0 heterocycles. The van der Waals surface area contributed by atoms with Crippen molar-refractivity contribution in [3.63, 3.8) is 0 Å².